The van der Waals surface area contributed by atoms with Crippen LogP contribution in [0.2, 0.25) is 0 Å². The van der Waals surface area contributed by atoms with E-state index in [1.54, 1.807) is 4.90 Å². The number of hydrogen-bond donors (Lipinski definition) is 2. The molecule has 1 amide bonds. The van der Waals surface area contributed by atoms with Crippen LogP contribution in [0.3, 0.4) is 0 Å². The third-order valence-corrected chi connectivity index (χ3v) is 4.85. The average molecular weight is 405 g/mol. The Morgan fingerprint density at radius 1 is 1.12 bits per heavy atom. The number of anilines is 2. The van der Waals surface area contributed by atoms with E-state index in [1.165, 1.54) is 5.69 Å². The summed E-state index contributed by atoms with van der Waals surface area (Å²) >= 11 is 3.37. The van der Waals surface area contributed by atoms with Crippen LogP contribution in [-0.4, -0.2) is 45.7 Å². The van der Waals surface area contributed by atoms with Crippen molar-refractivity contribution in [3.63, 3.8) is 0 Å². The Hall–Kier alpha value is -2.05. The number of carbonyl (C=O) groups excluding carboxylic acids is 1. The molecule has 0 saturated carbocycles. The summed E-state index contributed by atoms with van der Waals surface area (Å²) in [6, 6.07) is 15.4. The van der Waals surface area contributed by atoms with Gasteiger partial charge in [-0.05, 0) is 48.5 Å². The van der Waals surface area contributed by atoms with Crippen LogP contribution in [0.5, 0.6) is 5.75 Å². The molecule has 2 aromatic rings. The molecule has 0 spiro atoms. The minimum atomic E-state index is -0.168. The van der Waals surface area contributed by atoms with E-state index >= 15 is 0 Å². The van der Waals surface area contributed by atoms with Gasteiger partial charge in [0.2, 0.25) is 0 Å². The molecule has 2 N–H and O–H groups in total. The van der Waals surface area contributed by atoms with Crippen LogP contribution in [0.15, 0.2) is 53.0 Å². The molecule has 6 heteroatoms. The molecule has 0 atom stereocenters. The van der Waals surface area contributed by atoms with Gasteiger partial charge in [0, 0.05) is 15.8 Å². The maximum Gasteiger partial charge on any atom is 0.262 e. The van der Waals surface area contributed by atoms with Crippen LogP contribution in [0.25, 0.3) is 0 Å². The molecule has 1 saturated heterocycles. The molecule has 1 heterocycles. The zero-order chi connectivity index (χ0) is 17.6. The topological polar surface area (TPSA) is 46.0 Å². The predicted molar refractivity (Wildman–Crippen MR) is 104 cm³/mol. The molecule has 0 bridgehead atoms. The number of ether oxygens (including phenoxy) is 1. The Bertz CT molecular complexity index is 696. The first-order valence-electron chi connectivity index (χ1n) is 8.45. The van der Waals surface area contributed by atoms with Gasteiger partial charge in [-0.1, -0.05) is 15.9 Å². The number of carbonyl (C=O) groups is 1. The lowest BCUT2D eigenvalue weighted by atomic mass is 10.2. The monoisotopic (exact) mass is 404 g/mol. The van der Waals surface area contributed by atoms with Crippen molar-refractivity contribution in [1.82, 2.24) is 0 Å². The maximum absolute atomic E-state index is 12.0. The second-order valence-corrected chi connectivity index (χ2v) is 7.20. The van der Waals surface area contributed by atoms with Crippen molar-refractivity contribution in [3.05, 3.63) is 53.0 Å². The minimum absolute atomic E-state index is 0.00931. The van der Waals surface area contributed by atoms with Gasteiger partial charge in [0.15, 0.2) is 6.61 Å². The summed E-state index contributed by atoms with van der Waals surface area (Å²) in [5, 5.41) is 2.86. The van der Waals surface area contributed by atoms with Gasteiger partial charge < -0.3 is 19.9 Å². The highest BCUT2D eigenvalue weighted by molar-refractivity contribution is 9.10. The molecule has 0 unspecified atom stereocenters. The molecular formula is C19H23BrN3O2+. The van der Waals surface area contributed by atoms with Crippen molar-refractivity contribution >= 4 is 33.2 Å². The van der Waals surface area contributed by atoms with E-state index in [-0.39, 0.29) is 12.5 Å². The van der Waals surface area contributed by atoms with Crippen molar-refractivity contribution in [3.8, 4) is 5.75 Å². The van der Waals surface area contributed by atoms with E-state index in [0.717, 1.165) is 36.3 Å². The Morgan fingerprint density at radius 3 is 2.40 bits per heavy atom. The summed E-state index contributed by atoms with van der Waals surface area (Å²) in [4.78, 5) is 16.0. The van der Waals surface area contributed by atoms with Crippen LogP contribution in [0.4, 0.5) is 11.4 Å². The SMILES string of the molecule is C[NH+]1CCN(c2ccc(NC(=O)COc3ccc(Br)cc3)cc2)CC1. The summed E-state index contributed by atoms with van der Waals surface area (Å²) in [7, 11) is 2.23. The molecule has 0 aromatic heterocycles. The number of nitrogens with one attached hydrogen (secondary N) is 2. The number of halogens is 1. The van der Waals surface area contributed by atoms with Gasteiger partial charge in [-0.2, -0.15) is 0 Å². The molecule has 5 nitrogen and oxygen atoms in total. The maximum atomic E-state index is 12.0. The first-order chi connectivity index (χ1) is 12.1. The zero-order valence-corrected chi connectivity index (χ0v) is 15.9. The van der Waals surface area contributed by atoms with E-state index in [2.05, 4.69) is 45.3 Å². The number of piperazine rings is 1. The number of benzene rings is 2. The number of hydrogen-bond acceptors (Lipinski definition) is 3. The standard InChI is InChI=1S/C19H22BrN3O2/c1-22-10-12-23(13-11-22)17-6-4-16(5-7-17)21-19(24)14-25-18-8-2-15(20)3-9-18/h2-9H,10-14H2,1H3,(H,21,24)/p+1. The molecule has 25 heavy (non-hydrogen) atoms. The van der Waals surface area contributed by atoms with Gasteiger partial charge in [-0.15, -0.1) is 0 Å². The fourth-order valence-electron chi connectivity index (χ4n) is 2.78. The quantitative estimate of drug-likeness (QED) is 0.798. The molecule has 0 aliphatic carbocycles. The lowest BCUT2D eigenvalue weighted by Gasteiger charge is -2.31. The molecule has 3 rings (SSSR count). The summed E-state index contributed by atoms with van der Waals surface area (Å²) in [6.45, 7) is 4.44. The molecule has 2 aromatic carbocycles. The number of likely N-dealkylation sites (N-methyl/N-ethyl adjacent to an activating group) is 1. The molecule has 132 valence electrons. The Kier molecular flexibility index (Phi) is 5.94. The van der Waals surface area contributed by atoms with Crippen LogP contribution in [0.1, 0.15) is 0 Å². The van der Waals surface area contributed by atoms with Crippen molar-refractivity contribution < 1.29 is 14.4 Å². The number of nitrogens with zero attached hydrogens (tertiary/aromatic N) is 1. The lowest BCUT2D eigenvalue weighted by molar-refractivity contribution is -0.880. The fraction of sp³-hybridized carbons (Fsp3) is 0.316. The first-order valence-corrected chi connectivity index (χ1v) is 9.24. The van der Waals surface area contributed by atoms with E-state index in [9.17, 15) is 4.79 Å². The van der Waals surface area contributed by atoms with E-state index in [0.29, 0.717) is 5.75 Å². The normalized spacial score (nSPS) is 15.0. The van der Waals surface area contributed by atoms with Crippen LogP contribution < -0.4 is 19.9 Å². The largest absolute Gasteiger partial charge is 0.484 e. The summed E-state index contributed by atoms with van der Waals surface area (Å²) in [6.07, 6.45) is 0. The highest BCUT2D eigenvalue weighted by Gasteiger charge is 2.16. The third-order valence-electron chi connectivity index (χ3n) is 4.32. The summed E-state index contributed by atoms with van der Waals surface area (Å²) in [5.74, 6) is 0.504. The van der Waals surface area contributed by atoms with Crippen LogP contribution in [0, 0.1) is 0 Å². The average Bonchev–Trinajstić information content (AvgIpc) is 2.63. The molecule has 1 aliphatic heterocycles. The Balaban J connectivity index is 1.49. The highest BCUT2D eigenvalue weighted by atomic mass is 79.9. The van der Waals surface area contributed by atoms with Crippen molar-refractivity contribution in [1.29, 1.82) is 0 Å². The van der Waals surface area contributed by atoms with Crippen molar-refractivity contribution in [2.75, 3.05) is 50.1 Å². The molecule has 0 radical (unpaired) electrons. The molecule has 1 fully saturated rings. The Labute approximate surface area is 156 Å². The fourth-order valence-corrected chi connectivity index (χ4v) is 3.04. The van der Waals surface area contributed by atoms with Gasteiger partial charge in [-0.25, -0.2) is 0 Å². The van der Waals surface area contributed by atoms with Gasteiger partial charge >= 0.3 is 0 Å². The van der Waals surface area contributed by atoms with E-state index in [1.807, 2.05) is 36.4 Å². The predicted octanol–water partition coefficient (Wildman–Crippen LogP) is 1.80. The van der Waals surface area contributed by atoms with Gasteiger partial charge in [0.1, 0.15) is 5.75 Å². The zero-order valence-electron chi connectivity index (χ0n) is 14.3. The Morgan fingerprint density at radius 2 is 1.76 bits per heavy atom. The highest BCUT2D eigenvalue weighted by Crippen LogP contribution is 2.18. The van der Waals surface area contributed by atoms with Crippen LogP contribution >= 0.6 is 15.9 Å². The minimum Gasteiger partial charge on any atom is -0.484 e. The van der Waals surface area contributed by atoms with Crippen molar-refractivity contribution in [2.24, 2.45) is 0 Å². The number of rotatable bonds is 5. The first kappa shape index (κ1) is 17.8. The number of quaternary nitrogens is 1. The van der Waals surface area contributed by atoms with Gasteiger partial charge in [0.25, 0.3) is 5.91 Å². The summed E-state index contributed by atoms with van der Waals surface area (Å²) in [5.41, 5.74) is 1.99. The second-order valence-electron chi connectivity index (χ2n) is 6.28. The van der Waals surface area contributed by atoms with Crippen LogP contribution in [-0.2, 0) is 4.79 Å². The van der Waals surface area contributed by atoms with Gasteiger partial charge in [0.05, 0.1) is 33.2 Å². The number of amides is 1. The van der Waals surface area contributed by atoms with Crippen molar-refractivity contribution in [2.45, 2.75) is 0 Å². The summed E-state index contributed by atoms with van der Waals surface area (Å²) < 4.78 is 6.46. The molecule has 1 aliphatic rings. The van der Waals surface area contributed by atoms with E-state index in [4.69, 9.17) is 4.74 Å². The third kappa shape index (κ3) is 5.21. The second kappa shape index (κ2) is 8.36. The van der Waals surface area contributed by atoms with E-state index < -0.39 is 0 Å². The smallest absolute Gasteiger partial charge is 0.262 e. The molecular weight excluding hydrogens is 382 g/mol. The lowest BCUT2D eigenvalue weighted by Crippen LogP contribution is -3.12. The van der Waals surface area contributed by atoms with Gasteiger partial charge in [-0.3, -0.25) is 4.79 Å².